The Kier molecular flexibility index (Phi) is 4.04. The molecule has 0 spiro atoms. The summed E-state index contributed by atoms with van der Waals surface area (Å²) in [6, 6.07) is 1.04. The maximum Gasteiger partial charge on any atom is 0.0693 e. The Labute approximate surface area is 93.5 Å². The van der Waals surface area contributed by atoms with E-state index in [0.29, 0.717) is 12.1 Å². The van der Waals surface area contributed by atoms with Crippen LogP contribution in [0.25, 0.3) is 0 Å². The van der Waals surface area contributed by atoms with Gasteiger partial charge in [-0.15, -0.1) is 0 Å². The van der Waals surface area contributed by atoms with Crippen LogP contribution >= 0.6 is 0 Å². The zero-order chi connectivity index (χ0) is 10.7. The molecule has 0 aromatic rings. The van der Waals surface area contributed by atoms with E-state index in [-0.39, 0.29) is 6.10 Å². The maximum atomic E-state index is 9.81. The molecule has 2 rings (SSSR count). The van der Waals surface area contributed by atoms with Gasteiger partial charge in [0.05, 0.1) is 6.10 Å². The molecule has 4 atom stereocenters. The number of aliphatic hydroxyl groups excluding tert-OH is 1. The number of hydrogen-bond donors (Lipinski definition) is 2. The lowest BCUT2D eigenvalue weighted by molar-refractivity contribution is 0.135. The summed E-state index contributed by atoms with van der Waals surface area (Å²) >= 11 is 0. The predicted molar refractivity (Wildman–Crippen MR) is 62.8 cm³/mol. The number of rotatable bonds is 2. The second kappa shape index (κ2) is 5.31. The van der Waals surface area contributed by atoms with E-state index in [4.69, 9.17) is 0 Å². The Bertz CT molecular complexity index is 195. The molecular formula is C13H25NO. The van der Waals surface area contributed by atoms with Gasteiger partial charge >= 0.3 is 0 Å². The molecule has 2 unspecified atom stereocenters. The largest absolute Gasteiger partial charge is 0.392 e. The van der Waals surface area contributed by atoms with Gasteiger partial charge < -0.3 is 10.4 Å². The standard InChI is InChI=1S/C13H25NO/c1-10-6-3-2-4-7-11(10)14-12-8-5-9-13(12)15/h10-15H,2-9H2,1H3/t10?,11?,12-,13-/m0/s1. The van der Waals surface area contributed by atoms with Crippen molar-refractivity contribution < 1.29 is 5.11 Å². The van der Waals surface area contributed by atoms with Crippen LogP contribution in [0.4, 0.5) is 0 Å². The van der Waals surface area contributed by atoms with Crippen LogP contribution in [0.5, 0.6) is 0 Å². The third-order valence-corrected chi connectivity index (χ3v) is 4.27. The van der Waals surface area contributed by atoms with Gasteiger partial charge in [0.25, 0.3) is 0 Å². The fourth-order valence-corrected chi connectivity index (χ4v) is 3.15. The van der Waals surface area contributed by atoms with Crippen molar-refractivity contribution in [2.24, 2.45) is 5.92 Å². The summed E-state index contributed by atoms with van der Waals surface area (Å²) in [5.74, 6) is 0.792. The number of nitrogens with one attached hydrogen (secondary N) is 1. The van der Waals surface area contributed by atoms with Crippen molar-refractivity contribution in [1.82, 2.24) is 5.32 Å². The highest BCUT2D eigenvalue weighted by molar-refractivity contribution is 4.87. The second-order valence-corrected chi connectivity index (χ2v) is 5.49. The van der Waals surface area contributed by atoms with Crippen molar-refractivity contribution in [3.63, 3.8) is 0 Å². The SMILES string of the molecule is CC1CCCCCC1N[C@H]1CCC[C@@H]1O. The highest BCUT2D eigenvalue weighted by atomic mass is 16.3. The van der Waals surface area contributed by atoms with Crippen LogP contribution in [0.15, 0.2) is 0 Å². The zero-order valence-corrected chi connectivity index (χ0v) is 9.91. The molecule has 2 heteroatoms. The van der Waals surface area contributed by atoms with E-state index < -0.39 is 0 Å². The van der Waals surface area contributed by atoms with E-state index in [2.05, 4.69) is 12.2 Å². The van der Waals surface area contributed by atoms with Gasteiger partial charge in [-0.05, 0) is 38.0 Å². The monoisotopic (exact) mass is 211 g/mol. The van der Waals surface area contributed by atoms with Crippen LogP contribution in [0.2, 0.25) is 0 Å². The lowest BCUT2D eigenvalue weighted by atomic mass is 9.96. The van der Waals surface area contributed by atoms with E-state index in [1.165, 1.54) is 44.9 Å². The van der Waals surface area contributed by atoms with Crippen LogP contribution < -0.4 is 5.32 Å². The minimum Gasteiger partial charge on any atom is -0.392 e. The first-order valence-electron chi connectivity index (χ1n) is 6.71. The molecule has 0 saturated heterocycles. The topological polar surface area (TPSA) is 32.3 Å². The quantitative estimate of drug-likeness (QED) is 0.688. The summed E-state index contributed by atoms with van der Waals surface area (Å²) in [5, 5.41) is 13.5. The minimum atomic E-state index is -0.0829. The Morgan fingerprint density at radius 2 is 1.60 bits per heavy atom. The van der Waals surface area contributed by atoms with Gasteiger partial charge in [-0.25, -0.2) is 0 Å². The molecule has 2 aliphatic rings. The summed E-state index contributed by atoms with van der Waals surface area (Å²) < 4.78 is 0. The Hall–Kier alpha value is -0.0800. The third kappa shape index (κ3) is 2.94. The average Bonchev–Trinajstić information content (AvgIpc) is 2.50. The number of aliphatic hydroxyl groups is 1. The van der Waals surface area contributed by atoms with Gasteiger partial charge in [-0.1, -0.05) is 26.2 Å². The molecule has 88 valence electrons. The predicted octanol–water partition coefficient (Wildman–Crippen LogP) is 2.46. The smallest absolute Gasteiger partial charge is 0.0693 e. The highest BCUT2D eigenvalue weighted by Crippen LogP contribution is 2.26. The van der Waals surface area contributed by atoms with E-state index in [1.54, 1.807) is 0 Å². The Morgan fingerprint density at radius 3 is 2.33 bits per heavy atom. The molecule has 0 aromatic heterocycles. The Morgan fingerprint density at radius 1 is 0.867 bits per heavy atom. The summed E-state index contributed by atoms with van der Waals surface area (Å²) in [7, 11) is 0. The summed E-state index contributed by atoms with van der Waals surface area (Å²) in [4.78, 5) is 0. The van der Waals surface area contributed by atoms with E-state index in [9.17, 15) is 5.11 Å². The molecule has 0 amide bonds. The molecule has 0 radical (unpaired) electrons. The maximum absolute atomic E-state index is 9.81. The third-order valence-electron chi connectivity index (χ3n) is 4.27. The Balaban J connectivity index is 1.85. The summed E-state index contributed by atoms with van der Waals surface area (Å²) in [6.07, 6.45) is 10.1. The molecule has 2 nitrogen and oxygen atoms in total. The summed E-state index contributed by atoms with van der Waals surface area (Å²) in [5.41, 5.74) is 0. The average molecular weight is 211 g/mol. The fraction of sp³-hybridized carbons (Fsp3) is 1.00. The van der Waals surface area contributed by atoms with Crippen LogP contribution in [0, 0.1) is 5.92 Å². The molecule has 0 aromatic carbocycles. The molecular weight excluding hydrogens is 186 g/mol. The van der Waals surface area contributed by atoms with E-state index in [1.807, 2.05) is 0 Å². The molecule has 0 bridgehead atoms. The van der Waals surface area contributed by atoms with E-state index >= 15 is 0 Å². The van der Waals surface area contributed by atoms with Gasteiger partial charge in [0.15, 0.2) is 0 Å². The molecule has 15 heavy (non-hydrogen) atoms. The molecule has 2 aliphatic carbocycles. The first-order chi connectivity index (χ1) is 7.27. The van der Waals surface area contributed by atoms with Gasteiger partial charge in [-0.2, -0.15) is 0 Å². The minimum absolute atomic E-state index is 0.0829. The van der Waals surface area contributed by atoms with Crippen LogP contribution in [0.3, 0.4) is 0 Å². The lowest BCUT2D eigenvalue weighted by Crippen LogP contribution is -2.45. The van der Waals surface area contributed by atoms with Crippen LogP contribution in [-0.2, 0) is 0 Å². The second-order valence-electron chi connectivity index (χ2n) is 5.49. The molecule has 2 fully saturated rings. The number of hydrogen-bond acceptors (Lipinski definition) is 2. The van der Waals surface area contributed by atoms with Crippen molar-refractivity contribution in [3.8, 4) is 0 Å². The van der Waals surface area contributed by atoms with Crippen LogP contribution in [-0.4, -0.2) is 23.3 Å². The van der Waals surface area contributed by atoms with E-state index in [0.717, 1.165) is 12.3 Å². The van der Waals surface area contributed by atoms with Gasteiger partial charge in [0.1, 0.15) is 0 Å². The van der Waals surface area contributed by atoms with Gasteiger partial charge in [0.2, 0.25) is 0 Å². The normalized spacial score (nSPS) is 42.8. The van der Waals surface area contributed by atoms with Crippen molar-refractivity contribution in [3.05, 3.63) is 0 Å². The van der Waals surface area contributed by atoms with Crippen molar-refractivity contribution in [2.45, 2.75) is 76.5 Å². The van der Waals surface area contributed by atoms with Crippen LogP contribution in [0.1, 0.15) is 58.3 Å². The van der Waals surface area contributed by atoms with Gasteiger partial charge in [0, 0.05) is 12.1 Å². The highest BCUT2D eigenvalue weighted by Gasteiger charge is 2.29. The first-order valence-corrected chi connectivity index (χ1v) is 6.71. The molecule has 0 heterocycles. The van der Waals surface area contributed by atoms with Crippen molar-refractivity contribution >= 4 is 0 Å². The van der Waals surface area contributed by atoms with Crippen molar-refractivity contribution in [1.29, 1.82) is 0 Å². The molecule has 2 N–H and O–H groups in total. The van der Waals surface area contributed by atoms with Gasteiger partial charge in [-0.3, -0.25) is 0 Å². The fourth-order valence-electron chi connectivity index (χ4n) is 3.15. The summed E-state index contributed by atoms with van der Waals surface area (Å²) in [6.45, 7) is 2.37. The lowest BCUT2D eigenvalue weighted by Gasteiger charge is -2.28. The van der Waals surface area contributed by atoms with Crippen molar-refractivity contribution in [2.75, 3.05) is 0 Å². The first kappa shape index (κ1) is 11.4. The zero-order valence-electron chi connectivity index (χ0n) is 9.91. The molecule has 2 saturated carbocycles. The molecule has 0 aliphatic heterocycles.